The highest BCUT2D eigenvalue weighted by Gasteiger charge is 2.13. The zero-order chi connectivity index (χ0) is 24.2. The molecule has 1 amide bonds. The third kappa shape index (κ3) is 5.61. The Labute approximate surface area is 209 Å². The molecule has 34 heavy (non-hydrogen) atoms. The van der Waals surface area contributed by atoms with Gasteiger partial charge < -0.3 is 10.1 Å². The molecule has 0 aliphatic carbocycles. The van der Waals surface area contributed by atoms with Gasteiger partial charge >= 0.3 is 0 Å². The second-order valence-corrected chi connectivity index (χ2v) is 9.06. The zero-order valence-corrected chi connectivity index (χ0v) is 20.7. The standard InChI is InChI=1S/C27H25Cl2N3O2/c1-17-10-11-18(2)25(12-17)34-16-20-6-4-7-21(14-20)27(33)30-26-13-19(3)32(31-26)15-22-23(28)8-5-9-24(22)29/h4-14H,15-16H2,1-3H3,(H,30,31,33). The number of rotatable bonds is 7. The average Bonchev–Trinajstić information content (AvgIpc) is 3.15. The fourth-order valence-electron chi connectivity index (χ4n) is 3.58. The van der Waals surface area contributed by atoms with E-state index >= 15 is 0 Å². The second kappa shape index (κ2) is 10.3. The van der Waals surface area contributed by atoms with E-state index in [1.54, 1.807) is 28.9 Å². The number of nitrogens with one attached hydrogen (secondary N) is 1. The van der Waals surface area contributed by atoms with Crippen LogP contribution >= 0.6 is 23.2 Å². The lowest BCUT2D eigenvalue weighted by Crippen LogP contribution is -2.13. The first-order valence-electron chi connectivity index (χ1n) is 10.9. The van der Waals surface area contributed by atoms with Crippen LogP contribution < -0.4 is 10.1 Å². The van der Waals surface area contributed by atoms with Gasteiger partial charge in [0.25, 0.3) is 5.91 Å². The molecule has 1 aromatic heterocycles. The number of halogens is 2. The van der Waals surface area contributed by atoms with Crippen LogP contribution in [0.2, 0.25) is 10.0 Å². The van der Waals surface area contributed by atoms with Crippen LogP contribution in [0, 0.1) is 20.8 Å². The van der Waals surface area contributed by atoms with Crippen LogP contribution in [-0.2, 0) is 13.2 Å². The van der Waals surface area contributed by atoms with Crippen LogP contribution in [0.25, 0.3) is 0 Å². The topological polar surface area (TPSA) is 56.1 Å². The van der Waals surface area contributed by atoms with E-state index in [9.17, 15) is 4.79 Å². The maximum absolute atomic E-state index is 12.9. The van der Waals surface area contributed by atoms with E-state index in [4.69, 9.17) is 27.9 Å². The molecular formula is C27H25Cl2N3O2. The molecule has 0 radical (unpaired) electrons. The number of aromatic nitrogens is 2. The largest absolute Gasteiger partial charge is 0.489 e. The first kappa shape index (κ1) is 23.9. The molecule has 0 unspecified atom stereocenters. The number of carbonyl (C=O) groups is 1. The van der Waals surface area contributed by atoms with E-state index in [2.05, 4.69) is 16.5 Å². The quantitative estimate of drug-likeness (QED) is 0.301. The van der Waals surface area contributed by atoms with Crippen LogP contribution in [0.5, 0.6) is 5.75 Å². The predicted molar refractivity (Wildman–Crippen MR) is 137 cm³/mol. The Hall–Kier alpha value is -3.28. The molecule has 4 rings (SSSR count). The Morgan fingerprint density at radius 3 is 2.47 bits per heavy atom. The summed E-state index contributed by atoms with van der Waals surface area (Å²) in [6.45, 7) is 6.74. The Balaban J connectivity index is 1.44. The molecule has 174 valence electrons. The number of benzene rings is 3. The van der Waals surface area contributed by atoms with Crippen molar-refractivity contribution in [1.29, 1.82) is 0 Å². The Morgan fingerprint density at radius 1 is 0.971 bits per heavy atom. The number of hydrogen-bond acceptors (Lipinski definition) is 3. The smallest absolute Gasteiger partial charge is 0.256 e. The van der Waals surface area contributed by atoms with Gasteiger partial charge in [0, 0.05) is 32.9 Å². The summed E-state index contributed by atoms with van der Waals surface area (Å²) in [6, 6.07) is 20.7. The van der Waals surface area contributed by atoms with Crippen LogP contribution in [0.15, 0.2) is 66.7 Å². The number of amides is 1. The molecule has 0 aliphatic heterocycles. The first-order valence-corrected chi connectivity index (χ1v) is 11.6. The highest BCUT2D eigenvalue weighted by molar-refractivity contribution is 6.36. The van der Waals surface area contributed by atoms with Crippen molar-refractivity contribution in [2.24, 2.45) is 0 Å². The van der Waals surface area contributed by atoms with Gasteiger partial charge in [-0.2, -0.15) is 5.10 Å². The summed E-state index contributed by atoms with van der Waals surface area (Å²) in [5.74, 6) is 1.06. The maximum atomic E-state index is 12.9. The molecule has 0 fully saturated rings. The van der Waals surface area contributed by atoms with Gasteiger partial charge in [0.15, 0.2) is 5.82 Å². The van der Waals surface area contributed by atoms with Crippen LogP contribution in [0.4, 0.5) is 5.82 Å². The van der Waals surface area contributed by atoms with Gasteiger partial charge in [-0.15, -0.1) is 0 Å². The summed E-state index contributed by atoms with van der Waals surface area (Å²) in [6.07, 6.45) is 0. The lowest BCUT2D eigenvalue weighted by molar-refractivity contribution is 0.102. The van der Waals surface area contributed by atoms with Crippen LogP contribution in [0.3, 0.4) is 0 Å². The maximum Gasteiger partial charge on any atom is 0.256 e. The molecule has 0 saturated carbocycles. The van der Waals surface area contributed by atoms with Crippen molar-refractivity contribution < 1.29 is 9.53 Å². The monoisotopic (exact) mass is 493 g/mol. The molecule has 0 bridgehead atoms. The Morgan fingerprint density at radius 2 is 1.71 bits per heavy atom. The van der Waals surface area contributed by atoms with E-state index in [1.807, 2.05) is 57.2 Å². The molecule has 3 aromatic carbocycles. The van der Waals surface area contributed by atoms with Crippen molar-refractivity contribution in [1.82, 2.24) is 9.78 Å². The van der Waals surface area contributed by atoms with Gasteiger partial charge in [0.1, 0.15) is 12.4 Å². The van der Waals surface area contributed by atoms with E-state index < -0.39 is 0 Å². The van der Waals surface area contributed by atoms with E-state index in [0.29, 0.717) is 34.6 Å². The highest BCUT2D eigenvalue weighted by Crippen LogP contribution is 2.26. The van der Waals surface area contributed by atoms with E-state index in [1.165, 1.54) is 0 Å². The number of anilines is 1. The fraction of sp³-hybridized carbons (Fsp3) is 0.185. The number of carbonyl (C=O) groups excluding carboxylic acids is 1. The Kier molecular flexibility index (Phi) is 7.25. The molecular weight excluding hydrogens is 469 g/mol. The van der Waals surface area contributed by atoms with Crippen molar-refractivity contribution in [2.45, 2.75) is 33.9 Å². The Bertz CT molecular complexity index is 1330. The van der Waals surface area contributed by atoms with E-state index in [0.717, 1.165) is 33.7 Å². The second-order valence-electron chi connectivity index (χ2n) is 8.24. The minimum atomic E-state index is -0.242. The molecule has 0 saturated heterocycles. The number of hydrogen-bond donors (Lipinski definition) is 1. The third-order valence-electron chi connectivity index (χ3n) is 5.52. The summed E-state index contributed by atoms with van der Waals surface area (Å²) in [4.78, 5) is 12.9. The average molecular weight is 494 g/mol. The van der Waals surface area contributed by atoms with Crippen molar-refractivity contribution >= 4 is 34.9 Å². The lowest BCUT2D eigenvalue weighted by atomic mass is 10.1. The summed E-state index contributed by atoms with van der Waals surface area (Å²) in [5, 5.41) is 8.54. The molecule has 7 heteroatoms. The van der Waals surface area contributed by atoms with Crippen molar-refractivity contribution in [2.75, 3.05) is 5.32 Å². The van der Waals surface area contributed by atoms with E-state index in [-0.39, 0.29) is 5.91 Å². The molecule has 0 aliphatic rings. The van der Waals surface area contributed by atoms with Crippen LogP contribution in [-0.4, -0.2) is 15.7 Å². The van der Waals surface area contributed by atoms with Crippen LogP contribution in [0.1, 0.15) is 38.3 Å². The predicted octanol–water partition coefficient (Wildman–Crippen LogP) is 6.99. The van der Waals surface area contributed by atoms with Gasteiger partial charge in [0.2, 0.25) is 0 Å². The molecule has 5 nitrogen and oxygen atoms in total. The van der Waals surface area contributed by atoms with Crippen molar-refractivity contribution in [3.05, 3.63) is 110 Å². The minimum absolute atomic E-state index is 0.242. The van der Waals surface area contributed by atoms with Gasteiger partial charge in [-0.25, -0.2) is 0 Å². The van der Waals surface area contributed by atoms with Crippen molar-refractivity contribution in [3.8, 4) is 5.75 Å². The lowest BCUT2D eigenvalue weighted by Gasteiger charge is -2.11. The summed E-state index contributed by atoms with van der Waals surface area (Å²) >= 11 is 12.6. The molecule has 0 spiro atoms. The van der Waals surface area contributed by atoms with Gasteiger partial charge in [-0.05, 0) is 67.8 Å². The number of aryl methyl sites for hydroxylation is 3. The first-order chi connectivity index (χ1) is 16.3. The number of ether oxygens (including phenoxy) is 1. The summed E-state index contributed by atoms with van der Waals surface area (Å²) in [5.41, 5.74) is 5.31. The zero-order valence-electron chi connectivity index (χ0n) is 19.2. The fourth-order valence-corrected chi connectivity index (χ4v) is 4.10. The van der Waals surface area contributed by atoms with Gasteiger partial charge in [-0.1, -0.05) is 53.5 Å². The van der Waals surface area contributed by atoms with Gasteiger partial charge in [-0.3, -0.25) is 9.48 Å². The molecule has 1 heterocycles. The van der Waals surface area contributed by atoms with Gasteiger partial charge in [0.05, 0.1) is 6.54 Å². The highest BCUT2D eigenvalue weighted by atomic mass is 35.5. The normalized spacial score (nSPS) is 10.9. The summed E-state index contributed by atoms with van der Waals surface area (Å²) in [7, 11) is 0. The summed E-state index contributed by atoms with van der Waals surface area (Å²) < 4.78 is 7.74. The molecule has 4 aromatic rings. The van der Waals surface area contributed by atoms with Crippen molar-refractivity contribution in [3.63, 3.8) is 0 Å². The molecule has 0 atom stereocenters. The minimum Gasteiger partial charge on any atom is -0.489 e. The molecule has 1 N–H and O–H groups in total. The SMILES string of the molecule is Cc1ccc(C)c(OCc2cccc(C(=O)Nc3cc(C)n(Cc4c(Cl)cccc4Cl)n3)c2)c1. The number of nitrogens with zero attached hydrogens (tertiary/aromatic N) is 2. The third-order valence-corrected chi connectivity index (χ3v) is 6.23.